The zero-order valence-electron chi connectivity index (χ0n) is 10.9. The highest BCUT2D eigenvalue weighted by atomic mass is 16.3. The van der Waals surface area contributed by atoms with Crippen LogP contribution in [0.15, 0.2) is 46.3 Å². The molecule has 0 saturated heterocycles. The van der Waals surface area contributed by atoms with Gasteiger partial charge in [0.2, 0.25) is 0 Å². The van der Waals surface area contributed by atoms with Gasteiger partial charge in [0, 0.05) is 0 Å². The predicted octanol–water partition coefficient (Wildman–Crippen LogP) is 3.88. The number of aryl methyl sites for hydroxylation is 1. The Kier molecular flexibility index (Phi) is 5.78. The van der Waals surface area contributed by atoms with Gasteiger partial charge in [0.15, 0.2) is 0 Å². The highest BCUT2D eigenvalue weighted by Gasteiger charge is 2.01. The first kappa shape index (κ1) is 13.8. The lowest BCUT2D eigenvalue weighted by atomic mass is 10.1. The van der Waals surface area contributed by atoms with E-state index in [-0.39, 0.29) is 6.10 Å². The summed E-state index contributed by atoms with van der Waals surface area (Å²) in [4.78, 5) is 0. The van der Waals surface area contributed by atoms with E-state index in [1.807, 2.05) is 26.0 Å². The van der Waals surface area contributed by atoms with E-state index in [9.17, 15) is 5.11 Å². The second-order valence-corrected chi connectivity index (χ2v) is 4.74. The van der Waals surface area contributed by atoms with Crippen LogP contribution in [0.3, 0.4) is 0 Å². The van der Waals surface area contributed by atoms with Gasteiger partial charge in [-0.2, -0.15) is 0 Å². The van der Waals surface area contributed by atoms with Gasteiger partial charge in [0.25, 0.3) is 0 Å². The van der Waals surface area contributed by atoms with Gasteiger partial charge in [0.1, 0.15) is 0 Å². The molecule has 0 saturated carbocycles. The molecule has 0 spiro atoms. The van der Waals surface area contributed by atoms with Gasteiger partial charge in [-0.1, -0.05) is 23.3 Å². The molecular formula is C15H22O2. The summed E-state index contributed by atoms with van der Waals surface area (Å²) in [7, 11) is 0. The molecule has 0 radical (unpaired) electrons. The van der Waals surface area contributed by atoms with Crippen LogP contribution in [0.5, 0.6) is 0 Å². The van der Waals surface area contributed by atoms with Crippen molar-refractivity contribution in [2.75, 3.05) is 0 Å². The first-order chi connectivity index (χ1) is 8.08. The van der Waals surface area contributed by atoms with Crippen LogP contribution >= 0.6 is 0 Å². The second kappa shape index (κ2) is 7.13. The highest BCUT2D eigenvalue weighted by molar-refractivity contribution is 5.10. The molecule has 0 fully saturated rings. The standard InChI is InChI=1S/C15H22O2/c1-12(2)9-15(16)10-13(3)5-4-6-14-7-8-17-11-14/h5,7-9,11,15-16H,4,6,10H2,1-3H3. The maximum atomic E-state index is 9.74. The predicted molar refractivity (Wildman–Crippen MR) is 70.8 cm³/mol. The molecule has 0 bridgehead atoms. The molecule has 1 heterocycles. The largest absolute Gasteiger partial charge is 0.472 e. The molecule has 1 aromatic rings. The first-order valence-corrected chi connectivity index (χ1v) is 6.07. The third-order valence-electron chi connectivity index (χ3n) is 2.56. The fraction of sp³-hybridized carbons (Fsp3) is 0.467. The molecule has 0 aromatic carbocycles. The van der Waals surface area contributed by atoms with Crippen molar-refractivity contribution in [3.63, 3.8) is 0 Å². The molecule has 2 nitrogen and oxygen atoms in total. The van der Waals surface area contributed by atoms with Gasteiger partial charge >= 0.3 is 0 Å². The van der Waals surface area contributed by atoms with Gasteiger partial charge in [-0.25, -0.2) is 0 Å². The fourth-order valence-corrected chi connectivity index (χ4v) is 1.78. The van der Waals surface area contributed by atoms with Crippen molar-refractivity contribution < 1.29 is 9.52 Å². The Morgan fingerprint density at radius 1 is 1.41 bits per heavy atom. The van der Waals surface area contributed by atoms with Crippen molar-refractivity contribution in [2.24, 2.45) is 0 Å². The Hall–Kier alpha value is -1.28. The van der Waals surface area contributed by atoms with E-state index in [0.29, 0.717) is 0 Å². The van der Waals surface area contributed by atoms with E-state index in [2.05, 4.69) is 13.0 Å². The van der Waals surface area contributed by atoms with Crippen LogP contribution in [0.25, 0.3) is 0 Å². The second-order valence-electron chi connectivity index (χ2n) is 4.74. The maximum absolute atomic E-state index is 9.74. The first-order valence-electron chi connectivity index (χ1n) is 6.07. The molecule has 0 aliphatic carbocycles. The maximum Gasteiger partial charge on any atom is 0.0934 e. The molecule has 1 unspecified atom stereocenters. The summed E-state index contributed by atoms with van der Waals surface area (Å²) in [6.45, 7) is 6.07. The summed E-state index contributed by atoms with van der Waals surface area (Å²) >= 11 is 0. The third kappa shape index (κ3) is 6.12. The lowest BCUT2D eigenvalue weighted by Gasteiger charge is -2.06. The van der Waals surface area contributed by atoms with Crippen LogP contribution in [-0.4, -0.2) is 11.2 Å². The Morgan fingerprint density at radius 2 is 2.18 bits per heavy atom. The summed E-state index contributed by atoms with van der Waals surface area (Å²) in [6, 6.07) is 1.99. The summed E-state index contributed by atoms with van der Waals surface area (Å²) in [5, 5.41) is 9.74. The number of aliphatic hydroxyl groups is 1. The minimum absolute atomic E-state index is 0.356. The number of hydrogen-bond donors (Lipinski definition) is 1. The minimum Gasteiger partial charge on any atom is -0.472 e. The van der Waals surface area contributed by atoms with Gasteiger partial charge in [-0.3, -0.25) is 0 Å². The van der Waals surface area contributed by atoms with Gasteiger partial charge in [-0.15, -0.1) is 0 Å². The van der Waals surface area contributed by atoms with E-state index in [1.54, 1.807) is 12.5 Å². The Labute approximate surface area is 104 Å². The molecule has 1 atom stereocenters. The number of hydrogen-bond acceptors (Lipinski definition) is 2. The van der Waals surface area contributed by atoms with E-state index in [4.69, 9.17) is 4.42 Å². The van der Waals surface area contributed by atoms with Gasteiger partial charge < -0.3 is 9.52 Å². The van der Waals surface area contributed by atoms with Crippen molar-refractivity contribution in [1.29, 1.82) is 0 Å². The number of rotatable bonds is 6. The topological polar surface area (TPSA) is 33.4 Å². The van der Waals surface area contributed by atoms with E-state index in [1.165, 1.54) is 11.1 Å². The zero-order chi connectivity index (χ0) is 12.7. The Morgan fingerprint density at radius 3 is 2.76 bits per heavy atom. The quantitative estimate of drug-likeness (QED) is 0.758. The normalized spacial score (nSPS) is 13.5. The molecule has 1 rings (SSSR count). The number of allylic oxidation sites excluding steroid dienone is 2. The monoisotopic (exact) mass is 234 g/mol. The molecule has 17 heavy (non-hydrogen) atoms. The minimum atomic E-state index is -0.356. The average molecular weight is 234 g/mol. The van der Waals surface area contributed by atoms with Gasteiger partial charge in [-0.05, 0) is 51.7 Å². The summed E-state index contributed by atoms with van der Waals surface area (Å²) in [5.74, 6) is 0. The van der Waals surface area contributed by atoms with Crippen LogP contribution in [0.4, 0.5) is 0 Å². The summed E-state index contributed by atoms with van der Waals surface area (Å²) in [6.07, 6.45) is 9.91. The van der Waals surface area contributed by atoms with E-state index in [0.717, 1.165) is 24.8 Å². The van der Waals surface area contributed by atoms with Gasteiger partial charge in [0.05, 0.1) is 18.6 Å². The molecule has 1 aromatic heterocycles. The fourth-order valence-electron chi connectivity index (χ4n) is 1.78. The van der Waals surface area contributed by atoms with Crippen LogP contribution in [-0.2, 0) is 6.42 Å². The lowest BCUT2D eigenvalue weighted by Crippen LogP contribution is -2.03. The van der Waals surface area contributed by atoms with Crippen LogP contribution in [0.1, 0.15) is 39.2 Å². The zero-order valence-corrected chi connectivity index (χ0v) is 10.9. The van der Waals surface area contributed by atoms with Crippen LogP contribution < -0.4 is 0 Å². The van der Waals surface area contributed by atoms with Crippen molar-refractivity contribution in [2.45, 2.75) is 46.1 Å². The average Bonchev–Trinajstić information content (AvgIpc) is 2.68. The van der Waals surface area contributed by atoms with Crippen molar-refractivity contribution in [1.82, 2.24) is 0 Å². The van der Waals surface area contributed by atoms with Crippen molar-refractivity contribution in [3.8, 4) is 0 Å². The smallest absolute Gasteiger partial charge is 0.0934 e. The molecule has 94 valence electrons. The summed E-state index contributed by atoms with van der Waals surface area (Å²) < 4.78 is 5.01. The lowest BCUT2D eigenvalue weighted by molar-refractivity contribution is 0.222. The molecule has 0 amide bonds. The van der Waals surface area contributed by atoms with Crippen LogP contribution in [0.2, 0.25) is 0 Å². The molecule has 0 aliphatic rings. The van der Waals surface area contributed by atoms with E-state index >= 15 is 0 Å². The third-order valence-corrected chi connectivity index (χ3v) is 2.56. The summed E-state index contributed by atoms with van der Waals surface area (Å²) in [5.41, 5.74) is 3.61. The van der Waals surface area contributed by atoms with Crippen molar-refractivity contribution in [3.05, 3.63) is 47.5 Å². The highest BCUT2D eigenvalue weighted by Crippen LogP contribution is 2.11. The Bertz CT molecular complexity index is 368. The van der Waals surface area contributed by atoms with Crippen molar-refractivity contribution >= 4 is 0 Å². The Balaban J connectivity index is 2.32. The van der Waals surface area contributed by atoms with Crippen LogP contribution in [0, 0.1) is 0 Å². The molecular weight excluding hydrogens is 212 g/mol. The molecule has 2 heteroatoms. The number of aliphatic hydroxyl groups excluding tert-OH is 1. The molecule has 1 N–H and O–H groups in total. The number of furan rings is 1. The molecule has 0 aliphatic heterocycles. The SMILES string of the molecule is CC(C)=CC(O)CC(C)=CCCc1ccoc1. The van der Waals surface area contributed by atoms with E-state index < -0.39 is 0 Å².